The normalized spacial score (nSPS) is 14.6. The van der Waals surface area contributed by atoms with Gasteiger partial charge in [-0.05, 0) is 48.0 Å². The van der Waals surface area contributed by atoms with Crippen molar-refractivity contribution in [2.75, 3.05) is 45.0 Å². The molecule has 0 unspecified atom stereocenters. The Morgan fingerprint density at radius 3 is 2.33 bits per heavy atom. The van der Waals surface area contributed by atoms with Gasteiger partial charge in [0.05, 0.1) is 0 Å². The summed E-state index contributed by atoms with van der Waals surface area (Å²) >= 11 is 0. The van der Waals surface area contributed by atoms with E-state index in [-0.39, 0.29) is 18.5 Å². The molecule has 142 valence electrons. The smallest absolute Gasteiger partial charge is 0.246 e. The lowest BCUT2D eigenvalue weighted by Gasteiger charge is -2.35. The zero-order chi connectivity index (χ0) is 19.1. The number of benzene rings is 2. The van der Waals surface area contributed by atoms with Crippen LogP contribution in [-0.2, 0) is 9.53 Å². The average Bonchev–Trinajstić information content (AvgIpc) is 2.72. The lowest BCUT2D eigenvalue weighted by Crippen LogP contribution is -2.48. The fourth-order valence-electron chi connectivity index (χ4n) is 2.91. The minimum atomic E-state index is -0.240. The Kier molecular flexibility index (Phi) is 6.44. The monoisotopic (exact) mass is 370 g/mol. The Hall–Kier alpha value is -2.86. The fourth-order valence-corrected chi connectivity index (χ4v) is 2.91. The third-order valence-corrected chi connectivity index (χ3v) is 4.43. The molecule has 0 aromatic heterocycles. The van der Waals surface area contributed by atoms with Crippen LogP contribution in [0.1, 0.15) is 5.56 Å². The second-order valence-electron chi connectivity index (χ2n) is 6.24. The van der Waals surface area contributed by atoms with Gasteiger partial charge in [0.25, 0.3) is 0 Å². The molecule has 1 saturated heterocycles. The molecule has 1 aliphatic heterocycles. The zero-order valence-electron chi connectivity index (χ0n) is 15.3. The van der Waals surface area contributed by atoms with Crippen molar-refractivity contribution < 1.29 is 18.7 Å². The molecule has 0 saturated carbocycles. The number of halogens is 1. The largest absolute Gasteiger partial charge is 0.468 e. The summed E-state index contributed by atoms with van der Waals surface area (Å²) in [5, 5.41) is 0. The van der Waals surface area contributed by atoms with Gasteiger partial charge in [0.15, 0.2) is 6.79 Å². The summed E-state index contributed by atoms with van der Waals surface area (Å²) in [5.74, 6) is 0.474. The number of carbonyl (C=O) groups excluding carboxylic acids is 1. The van der Waals surface area contributed by atoms with Gasteiger partial charge in [-0.15, -0.1) is 0 Å². The molecule has 0 N–H and O–H groups in total. The summed E-state index contributed by atoms with van der Waals surface area (Å²) in [6, 6.07) is 13.9. The van der Waals surface area contributed by atoms with Gasteiger partial charge in [-0.25, -0.2) is 4.39 Å². The number of rotatable bonds is 6. The van der Waals surface area contributed by atoms with Gasteiger partial charge in [0.2, 0.25) is 5.91 Å². The zero-order valence-corrected chi connectivity index (χ0v) is 15.3. The van der Waals surface area contributed by atoms with Crippen molar-refractivity contribution in [2.45, 2.75) is 0 Å². The summed E-state index contributed by atoms with van der Waals surface area (Å²) < 4.78 is 23.2. The highest BCUT2D eigenvalue weighted by Crippen LogP contribution is 2.17. The van der Waals surface area contributed by atoms with Crippen LogP contribution in [0.15, 0.2) is 54.6 Å². The van der Waals surface area contributed by atoms with Crippen molar-refractivity contribution in [2.24, 2.45) is 0 Å². The van der Waals surface area contributed by atoms with E-state index >= 15 is 0 Å². The first-order valence-electron chi connectivity index (χ1n) is 8.85. The Labute approximate surface area is 158 Å². The van der Waals surface area contributed by atoms with Gasteiger partial charge in [-0.2, -0.15) is 0 Å². The van der Waals surface area contributed by atoms with E-state index in [1.807, 2.05) is 29.2 Å². The lowest BCUT2D eigenvalue weighted by molar-refractivity contribution is -0.126. The topological polar surface area (TPSA) is 42.0 Å². The van der Waals surface area contributed by atoms with E-state index in [0.29, 0.717) is 13.1 Å². The molecule has 1 fully saturated rings. The minimum Gasteiger partial charge on any atom is -0.468 e. The molecule has 1 amide bonds. The summed E-state index contributed by atoms with van der Waals surface area (Å²) in [4.78, 5) is 16.4. The van der Waals surface area contributed by atoms with Crippen LogP contribution in [0.3, 0.4) is 0 Å². The number of methoxy groups -OCH3 is 1. The molecule has 5 nitrogen and oxygen atoms in total. The van der Waals surface area contributed by atoms with Gasteiger partial charge in [0.1, 0.15) is 11.6 Å². The predicted molar refractivity (Wildman–Crippen MR) is 103 cm³/mol. The molecule has 2 aromatic rings. The number of carbonyl (C=O) groups is 1. The third kappa shape index (κ3) is 5.31. The number of hydrogen-bond donors (Lipinski definition) is 0. The van der Waals surface area contributed by atoms with Crippen LogP contribution < -0.4 is 9.64 Å². The maximum atomic E-state index is 13.0. The van der Waals surface area contributed by atoms with Crippen molar-refractivity contribution in [3.8, 4) is 5.75 Å². The average molecular weight is 370 g/mol. The van der Waals surface area contributed by atoms with E-state index in [9.17, 15) is 9.18 Å². The van der Waals surface area contributed by atoms with E-state index in [2.05, 4.69) is 4.90 Å². The molecule has 0 atom stereocenters. The van der Waals surface area contributed by atoms with Gasteiger partial charge in [-0.3, -0.25) is 4.79 Å². The van der Waals surface area contributed by atoms with Crippen LogP contribution in [-0.4, -0.2) is 50.9 Å². The predicted octanol–water partition coefficient (Wildman–Crippen LogP) is 3.17. The molecular weight excluding hydrogens is 347 g/mol. The molecule has 1 aliphatic rings. The molecule has 0 radical (unpaired) electrons. The first kappa shape index (κ1) is 18.9. The molecule has 6 heteroatoms. The Morgan fingerprint density at radius 1 is 1.04 bits per heavy atom. The van der Waals surface area contributed by atoms with Gasteiger partial charge >= 0.3 is 0 Å². The number of amides is 1. The summed E-state index contributed by atoms with van der Waals surface area (Å²) in [7, 11) is 1.57. The molecule has 2 aromatic carbocycles. The van der Waals surface area contributed by atoms with Gasteiger partial charge < -0.3 is 19.3 Å². The van der Waals surface area contributed by atoms with Crippen molar-refractivity contribution in [3.63, 3.8) is 0 Å². The van der Waals surface area contributed by atoms with E-state index in [1.54, 1.807) is 31.4 Å². The first-order valence-corrected chi connectivity index (χ1v) is 8.85. The molecule has 27 heavy (non-hydrogen) atoms. The third-order valence-electron chi connectivity index (χ3n) is 4.43. The highest BCUT2D eigenvalue weighted by atomic mass is 19.1. The first-order chi connectivity index (χ1) is 13.2. The maximum Gasteiger partial charge on any atom is 0.246 e. The molecule has 0 spiro atoms. The van der Waals surface area contributed by atoms with E-state index in [1.165, 1.54) is 12.1 Å². The minimum absolute atomic E-state index is 0.00605. The van der Waals surface area contributed by atoms with Crippen LogP contribution in [0.25, 0.3) is 6.08 Å². The highest BCUT2D eigenvalue weighted by Gasteiger charge is 2.19. The van der Waals surface area contributed by atoms with E-state index in [0.717, 1.165) is 30.1 Å². The quantitative estimate of drug-likeness (QED) is 0.579. The summed E-state index contributed by atoms with van der Waals surface area (Å²) in [6.07, 6.45) is 3.40. The molecule has 3 rings (SSSR count). The van der Waals surface area contributed by atoms with Crippen LogP contribution in [0, 0.1) is 5.82 Å². The van der Waals surface area contributed by atoms with Crippen LogP contribution in [0.4, 0.5) is 10.1 Å². The number of anilines is 1. The van der Waals surface area contributed by atoms with Crippen molar-refractivity contribution >= 4 is 17.7 Å². The SMILES string of the molecule is COCOc1ccc(/C=C/C(=O)N2CCN(c3ccc(F)cc3)CC2)cc1. The van der Waals surface area contributed by atoms with Crippen molar-refractivity contribution in [1.82, 2.24) is 4.90 Å². The van der Waals surface area contributed by atoms with E-state index in [4.69, 9.17) is 9.47 Å². The lowest BCUT2D eigenvalue weighted by atomic mass is 10.2. The fraction of sp³-hybridized carbons (Fsp3) is 0.286. The number of nitrogens with zero attached hydrogens (tertiary/aromatic N) is 2. The van der Waals surface area contributed by atoms with Crippen LogP contribution in [0.5, 0.6) is 5.75 Å². The van der Waals surface area contributed by atoms with Crippen LogP contribution in [0.2, 0.25) is 0 Å². The molecule has 0 bridgehead atoms. The second-order valence-corrected chi connectivity index (χ2v) is 6.24. The molecule has 0 aliphatic carbocycles. The van der Waals surface area contributed by atoms with Gasteiger partial charge in [-0.1, -0.05) is 12.1 Å². The van der Waals surface area contributed by atoms with E-state index < -0.39 is 0 Å². The number of hydrogen-bond acceptors (Lipinski definition) is 4. The summed E-state index contributed by atoms with van der Waals surface area (Å²) in [5.41, 5.74) is 1.91. The van der Waals surface area contributed by atoms with Gasteiger partial charge in [0, 0.05) is 45.1 Å². The summed E-state index contributed by atoms with van der Waals surface area (Å²) in [6.45, 7) is 2.96. The molecular formula is C21H23FN2O3. The Bertz CT molecular complexity index is 767. The standard InChI is InChI=1S/C21H23FN2O3/c1-26-16-27-20-9-2-17(3-10-20)4-11-21(25)24-14-12-23(13-15-24)19-7-5-18(22)6-8-19/h2-11H,12-16H2,1H3/b11-4+. The van der Waals surface area contributed by atoms with Crippen molar-refractivity contribution in [3.05, 3.63) is 66.0 Å². The Balaban J connectivity index is 1.50. The Morgan fingerprint density at radius 2 is 1.70 bits per heavy atom. The highest BCUT2D eigenvalue weighted by molar-refractivity contribution is 5.92. The maximum absolute atomic E-state index is 13.0. The number of ether oxygens (including phenoxy) is 2. The van der Waals surface area contributed by atoms with Crippen molar-refractivity contribution in [1.29, 1.82) is 0 Å². The number of piperazine rings is 1. The second kappa shape index (κ2) is 9.19. The molecule has 1 heterocycles. The van der Waals surface area contributed by atoms with Crippen LogP contribution >= 0.6 is 0 Å².